The zero-order valence-electron chi connectivity index (χ0n) is 5.35. The van der Waals surface area contributed by atoms with Crippen molar-refractivity contribution in [3.8, 4) is 0 Å². The number of carbonyl (C=O) groups is 1. The molecule has 1 rings (SSSR count). The third-order valence-electron chi connectivity index (χ3n) is 1.31. The van der Waals surface area contributed by atoms with Gasteiger partial charge in [0.1, 0.15) is 0 Å². The molecule has 0 unspecified atom stereocenters. The summed E-state index contributed by atoms with van der Waals surface area (Å²) in [5.41, 5.74) is 0.988. The van der Waals surface area contributed by atoms with Gasteiger partial charge >= 0.3 is 0 Å². The Kier molecular flexibility index (Phi) is 1.53. The van der Waals surface area contributed by atoms with E-state index in [9.17, 15) is 4.79 Å². The first-order valence-corrected chi connectivity index (χ1v) is 2.86. The SMILES string of the molecule is CC1=[C]C(=O)N(N)CC1. The van der Waals surface area contributed by atoms with E-state index >= 15 is 0 Å². The molecule has 0 aromatic carbocycles. The number of nitrogens with two attached hydrogens (primary N) is 1. The van der Waals surface area contributed by atoms with Gasteiger partial charge in [-0.2, -0.15) is 0 Å². The summed E-state index contributed by atoms with van der Waals surface area (Å²) in [6.45, 7) is 2.50. The predicted octanol–water partition coefficient (Wildman–Crippen LogP) is -0.158. The van der Waals surface area contributed by atoms with Gasteiger partial charge in [-0.15, -0.1) is 0 Å². The Morgan fingerprint density at radius 1 is 1.78 bits per heavy atom. The number of nitrogens with zero attached hydrogens (tertiary/aromatic N) is 1. The summed E-state index contributed by atoms with van der Waals surface area (Å²) in [6.07, 6.45) is 3.46. The molecule has 1 amide bonds. The summed E-state index contributed by atoms with van der Waals surface area (Å²) < 4.78 is 0. The minimum absolute atomic E-state index is 0.209. The minimum Gasteiger partial charge on any atom is -0.276 e. The molecule has 49 valence electrons. The average molecular weight is 125 g/mol. The molecule has 0 spiro atoms. The molecule has 2 N–H and O–H groups in total. The highest BCUT2D eigenvalue weighted by atomic mass is 16.2. The Labute approximate surface area is 54.1 Å². The highest BCUT2D eigenvalue weighted by Crippen LogP contribution is 2.05. The van der Waals surface area contributed by atoms with Crippen LogP contribution in [0.3, 0.4) is 0 Å². The molecule has 0 aromatic heterocycles. The quantitative estimate of drug-likeness (QED) is 0.361. The summed E-state index contributed by atoms with van der Waals surface area (Å²) in [4.78, 5) is 10.7. The maximum Gasteiger partial charge on any atom is 0.268 e. The lowest BCUT2D eigenvalue weighted by atomic mass is 10.1. The molecule has 0 aromatic rings. The first kappa shape index (κ1) is 6.29. The second-order valence-corrected chi connectivity index (χ2v) is 2.15. The van der Waals surface area contributed by atoms with Crippen LogP contribution < -0.4 is 5.84 Å². The fraction of sp³-hybridized carbons (Fsp3) is 0.500. The lowest BCUT2D eigenvalue weighted by Crippen LogP contribution is -2.39. The van der Waals surface area contributed by atoms with Crippen molar-refractivity contribution >= 4 is 5.91 Å². The first-order chi connectivity index (χ1) is 4.20. The molecule has 0 saturated heterocycles. The molecule has 1 radical (unpaired) electrons. The lowest BCUT2D eigenvalue weighted by Gasteiger charge is -2.18. The van der Waals surface area contributed by atoms with E-state index in [-0.39, 0.29) is 5.91 Å². The van der Waals surface area contributed by atoms with Gasteiger partial charge in [-0.3, -0.25) is 9.80 Å². The van der Waals surface area contributed by atoms with Crippen LogP contribution in [0.25, 0.3) is 0 Å². The van der Waals surface area contributed by atoms with E-state index < -0.39 is 0 Å². The zero-order valence-corrected chi connectivity index (χ0v) is 5.35. The van der Waals surface area contributed by atoms with Crippen molar-refractivity contribution in [3.63, 3.8) is 0 Å². The summed E-state index contributed by atoms with van der Waals surface area (Å²) >= 11 is 0. The Bertz CT molecular complexity index is 162. The number of hydrazine groups is 1. The van der Waals surface area contributed by atoms with Crippen LogP contribution in [0.2, 0.25) is 0 Å². The minimum atomic E-state index is -0.209. The molecule has 0 fully saturated rings. The van der Waals surface area contributed by atoms with Crippen LogP contribution in [0.15, 0.2) is 5.57 Å². The van der Waals surface area contributed by atoms with Crippen molar-refractivity contribution in [2.24, 2.45) is 5.84 Å². The van der Waals surface area contributed by atoms with E-state index in [4.69, 9.17) is 5.84 Å². The van der Waals surface area contributed by atoms with Gasteiger partial charge in [0.25, 0.3) is 5.91 Å². The Balaban J connectivity index is 2.70. The van der Waals surface area contributed by atoms with Gasteiger partial charge in [-0.05, 0) is 13.3 Å². The van der Waals surface area contributed by atoms with E-state index in [2.05, 4.69) is 6.08 Å². The second kappa shape index (κ2) is 2.19. The fourth-order valence-electron chi connectivity index (χ4n) is 0.707. The molecular formula is C6H9N2O. The molecule has 1 aliphatic rings. The van der Waals surface area contributed by atoms with E-state index in [1.807, 2.05) is 6.92 Å². The maximum atomic E-state index is 10.7. The number of hydrogen-bond donors (Lipinski definition) is 1. The average Bonchev–Trinajstić information content (AvgIpc) is 1.80. The summed E-state index contributed by atoms with van der Waals surface area (Å²) in [7, 11) is 0. The molecule has 3 nitrogen and oxygen atoms in total. The fourth-order valence-corrected chi connectivity index (χ4v) is 0.707. The van der Waals surface area contributed by atoms with Gasteiger partial charge in [0, 0.05) is 6.54 Å². The van der Waals surface area contributed by atoms with Gasteiger partial charge in [0.05, 0.1) is 6.08 Å². The number of carbonyl (C=O) groups excluding carboxylic acids is 1. The van der Waals surface area contributed by atoms with Gasteiger partial charge in [0.15, 0.2) is 0 Å². The van der Waals surface area contributed by atoms with Gasteiger partial charge < -0.3 is 0 Å². The van der Waals surface area contributed by atoms with Crippen molar-refractivity contribution in [1.29, 1.82) is 0 Å². The van der Waals surface area contributed by atoms with Crippen LogP contribution >= 0.6 is 0 Å². The highest BCUT2D eigenvalue weighted by Gasteiger charge is 2.12. The van der Waals surface area contributed by atoms with Gasteiger partial charge in [0.2, 0.25) is 0 Å². The van der Waals surface area contributed by atoms with Crippen LogP contribution in [-0.2, 0) is 4.79 Å². The number of hydrogen-bond acceptors (Lipinski definition) is 2. The van der Waals surface area contributed by atoms with Crippen molar-refractivity contribution in [1.82, 2.24) is 5.01 Å². The first-order valence-electron chi connectivity index (χ1n) is 2.86. The smallest absolute Gasteiger partial charge is 0.268 e. The molecular weight excluding hydrogens is 116 g/mol. The Morgan fingerprint density at radius 2 is 2.44 bits per heavy atom. The molecule has 3 heteroatoms. The van der Waals surface area contributed by atoms with E-state index in [1.165, 1.54) is 5.01 Å². The summed E-state index contributed by atoms with van der Waals surface area (Å²) in [5, 5.41) is 1.17. The molecule has 0 saturated carbocycles. The Morgan fingerprint density at radius 3 is 2.89 bits per heavy atom. The van der Waals surface area contributed by atoms with E-state index in [0.29, 0.717) is 6.54 Å². The molecule has 1 heterocycles. The van der Waals surface area contributed by atoms with Crippen LogP contribution in [0.1, 0.15) is 13.3 Å². The molecule has 0 aliphatic carbocycles. The Hall–Kier alpha value is -0.830. The van der Waals surface area contributed by atoms with Crippen LogP contribution in [0.4, 0.5) is 0 Å². The topological polar surface area (TPSA) is 46.3 Å². The third-order valence-corrected chi connectivity index (χ3v) is 1.31. The number of amides is 1. The van der Waals surface area contributed by atoms with E-state index in [1.54, 1.807) is 0 Å². The third kappa shape index (κ3) is 1.29. The van der Waals surface area contributed by atoms with E-state index in [0.717, 1.165) is 12.0 Å². The molecule has 9 heavy (non-hydrogen) atoms. The normalized spacial score (nSPS) is 20.0. The van der Waals surface area contributed by atoms with Crippen LogP contribution in [-0.4, -0.2) is 17.5 Å². The predicted molar refractivity (Wildman–Crippen MR) is 32.9 cm³/mol. The van der Waals surface area contributed by atoms with Crippen molar-refractivity contribution < 1.29 is 4.79 Å². The number of rotatable bonds is 0. The van der Waals surface area contributed by atoms with Crippen molar-refractivity contribution in [3.05, 3.63) is 11.6 Å². The van der Waals surface area contributed by atoms with Crippen LogP contribution in [0.5, 0.6) is 0 Å². The summed E-state index contributed by atoms with van der Waals surface area (Å²) in [5.74, 6) is 5.04. The lowest BCUT2D eigenvalue weighted by molar-refractivity contribution is -0.127. The summed E-state index contributed by atoms with van der Waals surface area (Å²) in [6, 6.07) is 0. The van der Waals surface area contributed by atoms with Crippen molar-refractivity contribution in [2.45, 2.75) is 13.3 Å². The molecule has 1 aliphatic heterocycles. The highest BCUT2D eigenvalue weighted by molar-refractivity contribution is 5.84. The van der Waals surface area contributed by atoms with Gasteiger partial charge in [-0.1, -0.05) is 5.57 Å². The van der Waals surface area contributed by atoms with Crippen molar-refractivity contribution in [2.75, 3.05) is 6.54 Å². The maximum absolute atomic E-state index is 10.7. The largest absolute Gasteiger partial charge is 0.276 e. The standard InChI is InChI=1S/C6H9N2O/c1-5-2-3-8(7)6(9)4-5/h2-3,7H2,1H3. The molecule has 0 bridgehead atoms. The van der Waals surface area contributed by atoms with Gasteiger partial charge in [-0.25, -0.2) is 5.84 Å². The van der Waals surface area contributed by atoms with Crippen LogP contribution in [0, 0.1) is 6.08 Å². The zero-order chi connectivity index (χ0) is 6.85. The second-order valence-electron chi connectivity index (χ2n) is 2.15. The monoisotopic (exact) mass is 125 g/mol. The molecule has 0 atom stereocenters.